The molecule has 1 aliphatic carbocycles. The molecule has 0 aromatic rings. The van der Waals surface area contributed by atoms with Crippen LogP contribution in [-0.2, 0) is 9.47 Å². The Morgan fingerprint density at radius 1 is 1.50 bits per heavy atom. The molecule has 0 amide bonds. The van der Waals surface area contributed by atoms with Gasteiger partial charge in [0, 0.05) is 33.3 Å². The molecule has 1 heterocycles. The molecule has 1 saturated heterocycles. The lowest BCUT2D eigenvalue weighted by molar-refractivity contribution is -0.0447. The monoisotopic (exact) mass is 283 g/mol. The molecule has 2 fully saturated rings. The number of rotatable bonds is 5. The maximum atomic E-state index is 5.70. The first-order valence-corrected chi connectivity index (χ1v) is 7.70. The van der Waals surface area contributed by atoms with Crippen LogP contribution in [0.25, 0.3) is 0 Å². The molecule has 1 aliphatic heterocycles. The zero-order valence-corrected chi connectivity index (χ0v) is 13.3. The van der Waals surface area contributed by atoms with Gasteiger partial charge in [0.15, 0.2) is 5.96 Å². The molecule has 1 saturated carbocycles. The van der Waals surface area contributed by atoms with Gasteiger partial charge < -0.3 is 19.7 Å². The van der Waals surface area contributed by atoms with Gasteiger partial charge in [-0.1, -0.05) is 13.8 Å². The second kappa shape index (κ2) is 6.76. The van der Waals surface area contributed by atoms with Crippen LogP contribution in [0.4, 0.5) is 0 Å². The minimum absolute atomic E-state index is 0.148. The molecule has 5 nitrogen and oxygen atoms in total. The van der Waals surface area contributed by atoms with Crippen molar-refractivity contribution >= 4 is 5.96 Å². The molecule has 116 valence electrons. The van der Waals surface area contributed by atoms with Crippen molar-refractivity contribution in [2.24, 2.45) is 16.3 Å². The molecule has 2 unspecified atom stereocenters. The van der Waals surface area contributed by atoms with Gasteiger partial charge in [-0.05, 0) is 24.7 Å². The minimum atomic E-state index is 0.148. The van der Waals surface area contributed by atoms with Gasteiger partial charge in [0.05, 0.1) is 19.3 Å². The molecule has 2 rings (SSSR count). The highest BCUT2D eigenvalue weighted by molar-refractivity contribution is 5.80. The van der Waals surface area contributed by atoms with E-state index in [-0.39, 0.29) is 6.10 Å². The van der Waals surface area contributed by atoms with Crippen LogP contribution < -0.4 is 5.32 Å². The largest absolute Gasteiger partial charge is 0.382 e. The maximum Gasteiger partial charge on any atom is 0.194 e. The van der Waals surface area contributed by atoms with E-state index in [1.165, 1.54) is 6.42 Å². The van der Waals surface area contributed by atoms with Crippen LogP contribution in [0.1, 0.15) is 27.2 Å². The standard InChI is InChI=1S/C15H29N3O2/c1-5-16-14(17-9-12-8-15(12,2)3)18-6-7-20-13(10-18)11-19-4/h12-13H,5-11H2,1-4H3,(H,16,17). The van der Waals surface area contributed by atoms with E-state index in [9.17, 15) is 0 Å². The van der Waals surface area contributed by atoms with Gasteiger partial charge in [0.25, 0.3) is 0 Å². The van der Waals surface area contributed by atoms with Crippen LogP contribution in [0.15, 0.2) is 4.99 Å². The Bertz CT molecular complexity index is 342. The fraction of sp³-hybridized carbons (Fsp3) is 0.933. The molecular formula is C15H29N3O2. The zero-order valence-electron chi connectivity index (χ0n) is 13.3. The number of ether oxygens (including phenoxy) is 2. The first-order chi connectivity index (χ1) is 9.56. The maximum absolute atomic E-state index is 5.70. The second-order valence-electron chi connectivity index (χ2n) is 6.48. The molecule has 2 aliphatic rings. The fourth-order valence-corrected chi connectivity index (χ4v) is 2.71. The number of nitrogens with one attached hydrogen (secondary N) is 1. The van der Waals surface area contributed by atoms with E-state index in [0.29, 0.717) is 12.0 Å². The van der Waals surface area contributed by atoms with Gasteiger partial charge in [-0.15, -0.1) is 0 Å². The summed E-state index contributed by atoms with van der Waals surface area (Å²) in [6, 6.07) is 0. The number of hydrogen-bond donors (Lipinski definition) is 1. The Hall–Kier alpha value is -0.810. The van der Waals surface area contributed by atoms with Crippen molar-refractivity contribution in [3.8, 4) is 0 Å². The number of aliphatic imine (C=N–C) groups is 1. The molecule has 1 N–H and O–H groups in total. The van der Waals surface area contributed by atoms with Gasteiger partial charge in [-0.25, -0.2) is 0 Å². The second-order valence-corrected chi connectivity index (χ2v) is 6.48. The molecule has 20 heavy (non-hydrogen) atoms. The van der Waals surface area contributed by atoms with Crippen molar-refractivity contribution in [3.05, 3.63) is 0 Å². The summed E-state index contributed by atoms with van der Waals surface area (Å²) in [5, 5.41) is 3.41. The molecule has 2 atom stereocenters. The number of morpholine rings is 1. The highest BCUT2D eigenvalue weighted by atomic mass is 16.5. The topological polar surface area (TPSA) is 46.1 Å². The number of hydrogen-bond acceptors (Lipinski definition) is 3. The van der Waals surface area contributed by atoms with Crippen molar-refractivity contribution in [2.45, 2.75) is 33.3 Å². The van der Waals surface area contributed by atoms with Crippen LogP contribution in [0.3, 0.4) is 0 Å². The van der Waals surface area contributed by atoms with Crippen LogP contribution in [0, 0.1) is 11.3 Å². The SMILES string of the molecule is CCNC(=NCC1CC1(C)C)N1CCOC(COC)C1. The Kier molecular flexibility index (Phi) is 5.27. The van der Waals surface area contributed by atoms with Crippen LogP contribution in [-0.4, -0.2) is 63.5 Å². The van der Waals surface area contributed by atoms with E-state index in [2.05, 4.69) is 31.0 Å². The van der Waals surface area contributed by atoms with E-state index >= 15 is 0 Å². The summed E-state index contributed by atoms with van der Waals surface area (Å²) < 4.78 is 10.9. The number of nitrogens with zero attached hydrogens (tertiary/aromatic N) is 2. The highest BCUT2D eigenvalue weighted by Crippen LogP contribution is 2.51. The van der Waals surface area contributed by atoms with Gasteiger partial charge in [-0.2, -0.15) is 0 Å². The molecule has 0 aromatic heterocycles. The Morgan fingerprint density at radius 2 is 2.25 bits per heavy atom. The molecule has 0 bridgehead atoms. The molecule has 0 spiro atoms. The summed E-state index contributed by atoms with van der Waals surface area (Å²) >= 11 is 0. The molecular weight excluding hydrogens is 254 g/mol. The summed E-state index contributed by atoms with van der Waals surface area (Å²) in [6.07, 6.45) is 1.45. The average Bonchev–Trinajstić information content (AvgIpc) is 3.03. The first-order valence-electron chi connectivity index (χ1n) is 7.70. The molecule has 0 aromatic carbocycles. The zero-order chi connectivity index (χ0) is 14.6. The molecule has 5 heteroatoms. The summed E-state index contributed by atoms with van der Waals surface area (Å²) in [5.74, 6) is 1.77. The number of guanidine groups is 1. The lowest BCUT2D eigenvalue weighted by Crippen LogP contribution is -2.51. The fourth-order valence-electron chi connectivity index (χ4n) is 2.71. The van der Waals surface area contributed by atoms with E-state index in [1.54, 1.807) is 7.11 Å². The Morgan fingerprint density at radius 3 is 2.85 bits per heavy atom. The normalized spacial score (nSPS) is 29.4. The van der Waals surface area contributed by atoms with Gasteiger partial charge in [0.1, 0.15) is 0 Å². The van der Waals surface area contributed by atoms with Crippen molar-refractivity contribution in [3.63, 3.8) is 0 Å². The van der Waals surface area contributed by atoms with E-state index in [0.717, 1.165) is 44.7 Å². The Labute approximate surface area is 122 Å². The van der Waals surface area contributed by atoms with Gasteiger partial charge >= 0.3 is 0 Å². The predicted octanol–water partition coefficient (Wildman–Crippen LogP) is 1.35. The smallest absolute Gasteiger partial charge is 0.194 e. The first kappa shape index (κ1) is 15.6. The van der Waals surface area contributed by atoms with Crippen molar-refractivity contribution in [2.75, 3.05) is 46.5 Å². The van der Waals surface area contributed by atoms with Gasteiger partial charge in [0.2, 0.25) is 0 Å². The van der Waals surface area contributed by atoms with E-state index in [1.807, 2.05) is 0 Å². The quantitative estimate of drug-likeness (QED) is 0.611. The van der Waals surface area contributed by atoms with Crippen molar-refractivity contribution < 1.29 is 9.47 Å². The van der Waals surface area contributed by atoms with Gasteiger partial charge in [-0.3, -0.25) is 4.99 Å². The minimum Gasteiger partial charge on any atom is -0.382 e. The van der Waals surface area contributed by atoms with Crippen LogP contribution in [0.5, 0.6) is 0 Å². The molecule has 0 radical (unpaired) electrons. The van der Waals surface area contributed by atoms with Crippen LogP contribution in [0.2, 0.25) is 0 Å². The highest BCUT2D eigenvalue weighted by Gasteiger charge is 2.45. The average molecular weight is 283 g/mol. The lowest BCUT2D eigenvalue weighted by Gasteiger charge is -2.34. The third-order valence-electron chi connectivity index (χ3n) is 4.30. The predicted molar refractivity (Wildman–Crippen MR) is 81.1 cm³/mol. The Balaban J connectivity index is 1.91. The summed E-state index contributed by atoms with van der Waals surface area (Å²) in [7, 11) is 1.72. The third kappa shape index (κ3) is 4.09. The van der Waals surface area contributed by atoms with Crippen molar-refractivity contribution in [1.82, 2.24) is 10.2 Å². The lowest BCUT2D eigenvalue weighted by atomic mass is 10.1. The third-order valence-corrected chi connectivity index (χ3v) is 4.30. The van der Waals surface area contributed by atoms with E-state index in [4.69, 9.17) is 14.5 Å². The van der Waals surface area contributed by atoms with E-state index < -0.39 is 0 Å². The summed E-state index contributed by atoms with van der Waals surface area (Å²) in [6.45, 7) is 11.7. The van der Waals surface area contributed by atoms with Crippen LogP contribution >= 0.6 is 0 Å². The summed E-state index contributed by atoms with van der Waals surface area (Å²) in [4.78, 5) is 7.12. The number of methoxy groups -OCH3 is 1. The summed E-state index contributed by atoms with van der Waals surface area (Å²) in [5.41, 5.74) is 0.490. The van der Waals surface area contributed by atoms with Crippen molar-refractivity contribution in [1.29, 1.82) is 0 Å².